The molecule has 1 unspecified atom stereocenters. The van der Waals surface area contributed by atoms with Gasteiger partial charge in [0.1, 0.15) is 5.82 Å². The first-order chi connectivity index (χ1) is 9.27. The first-order valence-electron chi connectivity index (χ1n) is 6.85. The van der Waals surface area contributed by atoms with E-state index in [0.29, 0.717) is 11.4 Å². The van der Waals surface area contributed by atoms with E-state index in [0.717, 1.165) is 17.9 Å². The molecule has 5 heteroatoms. The molecule has 1 heterocycles. The van der Waals surface area contributed by atoms with E-state index in [1.807, 2.05) is 12.3 Å². The Balaban J connectivity index is 2.96. The molecular formula is C15H25N3OS. The number of carbonyl (C=O) groups is 1. The van der Waals surface area contributed by atoms with Gasteiger partial charge >= 0.3 is 0 Å². The minimum atomic E-state index is -0.131. The quantitative estimate of drug-likeness (QED) is 0.876. The van der Waals surface area contributed by atoms with Crippen LogP contribution in [-0.2, 0) is 5.41 Å². The van der Waals surface area contributed by atoms with E-state index in [1.54, 1.807) is 17.8 Å². The molecule has 0 spiro atoms. The number of thioether (sulfide) groups is 1. The number of pyridine rings is 1. The number of nitrogens with two attached hydrogens (primary N) is 1. The van der Waals surface area contributed by atoms with E-state index in [1.165, 1.54) is 0 Å². The van der Waals surface area contributed by atoms with Crippen molar-refractivity contribution in [2.24, 2.45) is 0 Å². The molecule has 0 aliphatic heterocycles. The van der Waals surface area contributed by atoms with Gasteiger partial charge in [-0.25, -0.2) is 4.98 Å². The molecule has 1 amide bonds. The number of nitrogens with zero attached hydrogens (tertiary/aromatic N) is 1. The number of aromatic nitrogens is 1. The van der Waals surface area contributed by atoms with Crippen molar-refractivity contribution in [2.75, 3.05) is 17.7 Å². The Hall–Kier alpha value is -1.23. The number of nitrogen functional groups attached to an aromatic ring is 1. The largest absolute Gasteiger partial charge is 0.384 e. The summed E-state index contributed by atoms with van der Waals surface area (Å²) in [4.78, 5) is 16.6. The average Bonchev–Trinajstić information content (AvgIpc) is 2.36. The highest BCUT2D eigenvalue weighted by Gasteiger charge is 2.19. The van der Waals surface area contributed by atoms with Gasteiger partial charge in [0.05, 0.1) is 0 Å². The fourth-order valence-corrected chi connectivity index (χ4v) is 2.52. The average molecular weight is 295 g/mol. The molecule has 1 rings (SSSR count). The van der Waals surface area contributed by atoms with Crippen LogP contribution in [0.3, 0.4) is 0 Å². The second kappa shape index (κ2) is 6.97. The second-order valence-electron chi connectivity index (χ2n) is 5.95. The lowest BCUT2D eigenvalue weighted by Gasteiger charge is -2.20. The highest BCUT2D eigenvalue weighted by atomic mass is 32.2. The fourth-order valence-electron chi connectivity index (χ4n) is 1.80. The van der Waals surface area contributed by atoms with Gasteiger partial charge in [-0.3, -0.25) is 4.79 Å². The van der Waals surface area contributed by atoms with Crippen LogP contribution in [0.4, 0.5) is 5.82 Å². The van der Waals surface area contributed by atoms with Crippen molar-refractivity contribution in [3.05, 3.63) is 23.4 Å². The summed E-state index contributed by atoms with van der Waals surface area (Å²) in [6, 6.07) is 3.65. The van der Waals surface area contributed by atoms with E-state index in [4.69, 9.17) is 5.73 Å². The Morgan fingerprint density at radius 1 is 1.45 bits per heavy atom. The van der Waals surface area contributed by atoms with Crippen LogP contribution in [0.15, 0.2) is 12.1 Å². The number of anilines is 1. The lowest BCUT2D eigenvalue weighted by atomic mass is 9.90. The van der Waals surface area contributed by atoms with E-state index in [-0.39, 0.29) is 17.4 Å². The molecule has 0 saturated heterocycles. The summed E-state index contributed by atoms with van der Waals surface area (Å²) in [6.07, 6.45) is 2.95. The third-order valence-electron chi connectivity index (χ3n) is 3.07. The smallest absolute Gasteiger partial charge is 0.251 e. The van der Waals surface area contributed by atoms with Gasteiger partial charge in [0.25, 0.3) is 5.91 Å². The first kappa shape index (κ1) is 16.8. The van der Waals surface area contributed by atoms with E-state index in [9.17, 15) is 4.79 Å². The highest BCUT2D eigenvalue weighted by molar-refractivity contribution is 7.98. The summed E-state index contributed by atoms with van der Waals surface area (Å²) in [5.74, 6) is 1.22. The number of carbonyl (C=O) groups excluding carboxylic acids is 1. The zero-order chi connectivity index (χ0) is 15.3. The SMILES string of the molecule is CCC(CSC)NC(=O)c1cc(N)nc(C(C)(C)C)c1. The van der Waals surface area contributed by atoms with Crippen molar-refractivity contribution in [1.82, 2.24) is 10.3 Å². The van der Waals surface area contributed by atoms with Gasteiger partial charge in [-0.1, -0.05) is 27.7 Å². The highest BCUT2D eigenvalue weighted by Crippen LogP contribution is 2.22. The topological polar surface area (TPSA) is 68.0 Å². The van der Waals surface area contributed by atoms with E-state index < -0.39 is 0 Å². The summed E-state index contributed by atoms with van der Waals surface area (Å²) in [5, 5.41) is 3.05. The third-order valence-corrected chi connectivity index (χ3v) is 3.81. The predicted octanol–water partition coefficient (Wildman–Crippen LogP) is 2.83. The van der Waals surface area contributed by atoms with Crippen LogP contribution < -0.4 is 11.1 Å². The molecule has 0 saturated carbocycles. The number of amides is 1. The number of rotatable bonds is 5. The van der Waals surface area contributed by atoms with Gasteiger partial charge in [0.15, 0.2) is 0 Å². The van der Waals surface area contributed by atoms with Crippen molar-refractivity contribution >= 4 is 23.5 Å². The standard InChI is InChI=1S/C15H25N3OS/c1-6-11(9-20-5)17-14(19)10-7-12(15(2,3)4)18-13(16)8-10/h7-8,11H,6,9H2,1-5H3,(H2,16,18)(H,17,19). The van der Waals surface area contributed by atoms with Crippen LogP contribution >= 0.6 is 11.8 Å². The molecule has 0 radical (unpaired) electrons. The maximum Gasteiger partial charge on any atom is 0.251 e. The summed E-state index contributed by atoms with van der Waals surface area (Å²) in [7, 11) is 0. The Morgan fingerprint density at radius 2 is 2.10 bits per heavy atom. The summed E-state index contributed by atoms with van der Waals surface area (Å²) >= 11 is 1.73. The first-order valence-corrected chi connectivity index (χ1v) is 8.25. The Kier molecular flexibility index (Phi) is 5.87. The molecule has 0 bridgehead atoms. The van der Waals surface area contributed by atoms with Crippen LogP contribution in [0, 0.1) is 0 Å². The van der Waals surface area contributed by atoms with Crippen LogP contribution in [-0.4, -0.2) is 28.9 Å². The van der Waals surface area contributed by atoms with Crippen LogP contribution in [0.25, 0.3) is 0 Å². The Labute approximate surface area is 125 Å². The molecule has 1 atom stereocenters. The predicted molar refractivity (Wildman–Crippen MR) is 87.3 cm³/mol. The molecule has 0 fully saturated rings. The molecule has 1 aromatic rings. The Morgan fingerprint density at radius 3 is 2.60 bits per heavy atom. The molecule has 0 aliphatic carbocycles. The molecule has 20 heavy (non-hydrogen) atoms. The summed E-state index contributed by atoms with van der Waals surface area (Å²) in [6.45, 7) is 8.24. The van der Waals surface area contributed by atoms with Crippen LogP contribution in [0.1, 0.15) is 50.2 Å². The van der Waals surface area contributed by atoms with Crippen LogP contribution in [0.5, 0.6) is 0 Å². The van der Waals surface area contributed by atoms with Gasteiger partial charge in [0, 0.05) is 28.5 Å². The zero-order valence-corrected chi connectivity index (χ0v) is 13.8. The van der Waals surface area contributed by atoms with Crippen molar-refractivity contribution in [1.29, 1.82) is 0 Å². The van der Waals surface area contributed by atoms with E-state index in [2.05, 4.69) is 38.0 Å². The maximum absolute atomic E-state index is 12.3. The summed E-state index contributed by atoms with van der Waals surface area (Å²) in [5.41, 5.74) is 7.11. The number of hydrogen-bond donors (Lipinski definition) is 2. The van der Waals surface area contributed by atoms with Crippen molar-refractivity contribution < 1.29 is 4.79 Å². The lowest BCUT2D eigenvalue weighted by Crippen LogP contribution is -2.36. The molecule has 0 aromatic carbocycles. The van der Waals surface area contributed by atoms with Gasteiger partial charge in [-0.05, 0) is 24.8 Å². The lowest BCUT2D eigenvalue weighted by molar-refractivity contribution is 0.0940. The van der Waals surface area contributed by atoms with Crippen LogP contribution in [0.2, 0.25) is 0 Å². The van der Waals surface area contributed by atoms with Gasteiger partial charge in [-0.15, -0.1) is 0 Å². The molecule has 0 aliphatic rings. The maximum atomic E-state index is 12.3. The zero-order valence-electron chi connectivity index (χ0n) is 13.0. The monoisotopic (exact) mass is 295 g/mol. The van der Waals surface area contributed by atoms with Crippen molar-refractivity contribution in [3.63, 3.8) is 0 Å². The summed E-state index contributed by atoms with van der Waals surface area (Å²) < 4.78 is 0. The number of hydrogen-bond acceptors (Lipinski definition) is 4. The van der Waals surface area contributed by atoms with Gasteiger partial charge < -0.3 is 11.1 Å². The fraction of sp³-hybridized carbons (Fsp3) is 0.600. The molecule has 3 N–H and O–H groups in total. The minimum absolute atomic E-state index is 0.0782. The minimum Gasteiger partial charge on any atom is -0.384 e. The Bertz CT molecular complexity index is 469. The second-order valence-corrected chi connectivity index (χ2v) is 6.86. The van der Waals surface area contributed by atoms with E-state index >= 15 is 0 Å². The van der Waals surface area contributed by atoms with Gasteiger partial charge in [0.2, 0.25) is 0 Å². The van der Waals surface area contributed by atoms with Crippen molar-refractivity contribution in [3.8, 4) is 0 Å². The normalized spacial score (nSPS) is 13.1. The third kappa shape index (κ3) is 4.71. The molecular weight excluding hydrogens is 270 g/mol. The number of nitrogens with one attached hydrogen (secondary N) is 1. The van der Waals surface area contributed by atoms with Crippen molar-refractivity contribution in [2.45, 2.75) is 45.6 Å². The molecule has 112 valence electrons. The van der Waals surface area contributed by atoms with Gasteiger partial charge in [-0.2, -0.15) is 11.8 Å². The molecule has 1 aromatic heterocycles. The molecule has 4 nitrogen and oxygen atoms in total.